The van der Waals surface area contributed by atoms with Crippen LogP contribution in [0.3, 0.4) is 0 Å². The zero-order valence-corrected chi connectivity index (χ0v) is 18.8. The molecule has 1 unspecified atom stereocenters. The Kier molecular flexibility index (Phi) is 6.21. The zero-order valence-electron chi connectivity index (χ0n) is 18.8. The molecule has 1 atom stereocenters. The number of carbonyl (C=O) groups excluding carboxylic acids is 1. The smallest absolute Gasteiger partial charge is 0.251 e. The predicted octanol–water partition coefficient (Wildman–Crippen LogP) is 4.49. The number of ether oxygens (including phenoxy) is 2. The zero-order chi connectivity index (χ0) is 22.7. The van der Waals surface area contributed by atoms with Crippen LogP contribution in [0.2, 0.25) is 0 Å². The fraction of sp³-hybridized carbons (Fsp3) is 0.269. The second-order valence-electron chi connectivity index (χ2n) is 7.97. The summed E-state index contributed by atoms with van der Waals surface area (Å²) >= 11 is 0. The van der Waals surface area contributed by atoms with E-state index in [1.165, 1.54) is 5.56 Å². The van der Waals surface area contributed by atoms with Gasteiger partial charge in [0.15, 0.2) is 11.5 Å². The van der Waals surface area contributed by atoms with Crippen LogP contribution in [0.4, 0.5) is 0 Å². The molecule has 0 spiro atoms. The van der Waals surface area contributed by atoms with Crippen LogP contribution in [0.1, 0.15) is 39.7 Å². The van der Waals surface area contributed by atoms with Gasteiger partial charge in [0, 0.05) is 30.4 Å². The van der Waals surface area contributed by atoms with E-state index in [9.17, 15) is 4.79 Å². The summed E-state index contributed by atoms with van der Waals surface area (Å²) in [5.41, 5.74) is 5.01. The number of likely N-dealkylation sites (N-methyl/N-ethyl adjacent to an activating group) is 1. The lowest BCUT2D eigenvalue weighted by molar-refractivity contribution is 0.0948. The Morgan fingerprint density at radius 1 is 1.12 bits per heavy atom. The number of amides is 1. The van der Waals surface area contributed by atoms with Gasteiger partial charge >= 0.3 is 0 Å². The van der Waals surface area contributed by atoms with Crippen molar-refractivity contribution >= 4 is 11.5 Å². The van der Waals surface area contributed by atoms with Gasteiger partial charge in [-0.05, 0) is 66.4 Å². The molecule has 2 aromatic carbocycles. The van der Waals surface area contributed by atoms with Gasteiger partial charge in [0.1, 0.15) is 5.76 Å². The summed E-state index contributed by atoms with van der Waals surface area (Å²) in [5, 5.41) is 2.88. The lowest BCUT2D eigenvalue weighted by Crippen LogP contribution is -2.24. The lowest BCUT2D eigenvalue weighted by Gasteiger charge is -2.21. The summed E-state index contributed by atoms with van der Waals surface area (Å²) < 4.78 is 16.4. The highest BCUT2D eigenvalue weighted by Crippen LogP contribution is 2.38. The first-order valence-corrected chi connectivity index (χ1v) is 10.6. The number of benzene rings is 2. The number of nitrogens with zero attached hydrogens (tertiary/aromatic N) is 1. The third-order valence-electron chi connectivity index (χ3n) is 5.90. The van der Waals surface area contributed by atoms with E-state index in [2.05, 4.69) is 36.5 Å². The SMILES string of the molecule is COc1cc2c(cc1OC)C(c1ccc(C(=O)NCc3ccco3)cc1)=CN(C)C(C)C2. The van der Waals surface area contributed by atoms with E-state index in [1.54, 1.807) is 26.5 Å². The van der Waals surface area contributed by atoms with Crippen LogP contribution in [-0.2, 0) is 13.0 Å². The van der Waals surface area contributed by atoms with Crippen LogP contribution in [-0.4, -0.2) is 38.1 Å². The number of nitrogens with one attached hydrogen (secondary N) is 1. The minimum Gasteiger partial charge on any atom is -0.493 e. The molecule has 0 fully saturated rings. The van der Waals surface area contributed by atoms with Crippen LogP contribution >= 0.6 is 0 Å². The van der Waals surface area contributed by atoms with Crippen molar-refractivity contribution in [2.24, 2.45) is 0 Å². The average molecular weight is 433 g/mol. The van der Waals surface area contributed by atoms with E-state index in [0.717, 1.165) is 34.6 Å². The molecule has 1 aromatic heterocycles. The van der Waals surface area contributed by atoms with Crippen molar-refractivity contribution in [2.75, 3.05) is 21.3 Å². The third-order valence-corrected chi connectivity index (χ3v) is 5.90. The van der Waals surface area contributed by atoms with E-state index < -0.39 is 0 Å². The molecule has 32 heavy (non-hydrogen) atoms. The summed E-state index contributed by atoms with van der Waals surface area (Å²) in [4.78, 5) is 14.7. The Morgan fingerprint density at radius 3 is 2.50 bits per heavy atom. The van der Waals surface area contributed by atoms with Crippen molar-refractivity contribution in [3.05, 3.63) is 89.0 Å². The highest BCUT2D eigenvalue weighted by Gasteiger charge is 2.22. The summed E-state index contributed by atoms with van der Waals surface area (Å²) in [6.45, 7) is 2.56. The van der Waals surface area contributed by atoms with E-state index >= 15 is 0 Å². The van der Waals surface area contributed by atoms with Gasteiger partial charge < -0.3 is 24.1 Å². The number of methoxy groups -OCH3 is 2. The van der Waals surface area contributed by atoms with E-state index in [1.807, 2.05) is 36.4 Å². The number of rotatable bonds is 6. The molecule has 1 N–H and O–H groups in total. The molecule has 1 aliphatic heterocycles. The predicted molar refractivity (Wildman–Crippen MR) is 124 cm³/mol. The molecular formula is C26H28N2O4. The Bertz CT molecular complexity index is 1120. The van der Waals surface area contributed by atoms with Gasteiger partial charge in [0.25, 0.3) is 5.91 Å². The van der Waals surface area contributed by atoms with E-state index in [0.29, 0.717) is 23.9 Å². The van der Waals surface area contributed by atoms with Crippen LogP contribution in [0.5, 0.6) is 11.5 Å². The first kappa shape index (κ1) is 21.6. The van der Waals surface area contributed by atoms with Crippen LogP contribution in [0.25, 0.3) is 5.57 Å². The van der Waals surface area contributed by atoms with Gasteiger partial charge in [0.05, 0.1) is 27.0 Å². The van der Waals surface area contributed by atoms with Gasteiger partial charge in [-0.1, -0.05) is 12.1 Å². The third kappa shape index (κ3) is 4.35. The standard InChI is InChI=1S/C26H28N2O4/c1-17-12-20-13-24(30-3)25(31-4)14-22(20)23(16-28(17)2)18-7-9-19(10-8-18)26(29)27-15-21-6-5-11-32-21/h5-11,13-14,16-17H,12,15H2,1-4H3,(H,27,29). The molecule has 4 rings (SSSR count). The van der Waals surface area contributed by atoms with Crippen molar-refractivity contribution in [3.8, 4) is 11.5 Å². The molecule has 1 aliphatic rings. The molecule has 0 bridgehead atoms. The number of fused-ring (bicyclic) bond motifs is 1. The Morgan fingerprint density at radius 2 is 1.84 bits per heavy atom. The van der Waals surface area contributed by atoms with E-state index in [4.69, 9.17) is 13.9 Å². The number of hydrogen-bond acceptors (Lipinski definition) is 5. The molecule has 0 saturated carbocycles. The number of furan rings is 1. The highest BCUT2D eigenvalue weighted by molar-refractivity contribution is 5.95. The molecule has 0 radical (unpaired) electrons. The maximum Gasteiger partial charge on any atom is 0.251 e. The normalized spacial score (nSPS) is 15.4. The lowest BCUT2D eigenvalue weighted by atomic mass is 9.92. The van der Waals surface area contributed by atoms with Gasteiger partial charge in [-0.25, -0.2) is 0 Å². The first-order chi connectivity index (χ1) is 15.5. The van der Waals surface area contributed by atoms with Crippen molar-refractivity contribution in [1.29, 1.82) is 0 Å². The van der Waals surface area contributed by atoms with Crippen LogP contribution in [0.15, 0.2) is 65.4 Å². The van der Waals surface area contributed by atoms with Gasteiger partial charge in [-0.15, -0.1) is 0 Å². The monoisotopic (exact) mass is 432 g/mol. The molecule has 0 saturated heterocycles. The highest BCUT2D eigenvalue weighted by atomic mass is 16.5. The van der Waals surface area contributed by atoms with Crippen molar-refractivity contribution in [3.63, 3.8) is 0 Å². The molecule has 0 aliphatic carbocycles. The maximum atomic E-state index is 12.5. The van der Waals surface area contributed by atoms with Gasteiger partial charge in [-0.3, -0.25) is 4.79 Å². The molecule has 6 heteroatoms. The summed E-state index contributed by atoms with van der Waals surface area (Å²) in [6, 6.07) is 15.7. The molecule has 6 nitrogen and oxygen atoms in total. The topological polar surface area (TPSA) is 63.9 Å². The molecule has 1 amide bonds. The Labute approximate surface area is 188 Å². The first-order valence-electron chi connectivity index (χ1n) is 10.6. The Hall–Kier alpha value is -3.67. The largest absolute Gasteiger partial charge is 0.493 e. The minimum atomic E-state index is -0.139. The molecule has 3 aromatic rings. The van der Waals surface area contributed by atoms with E-state index in [-0.39, 0.29) is 5.91 Å². The fourth-order valence-corrected chi connectivity index (χ4v) is 3.92. The maximum absolute atomic E-state index is 12.5. The minimum absolute atomic E-state index is 0.139. The van der Waals surface area contributed by atoms with Gasteiger partial charge in [-0.2, -0.15) is 0 Å². The summed E-state index contributed by atoms with van der Waals surface area (Å²) in [7, 11) is 5.39. The second-order valence-corrected chi connectivity index (χ2v) is 7.97. The summed E-state index contributed by atoms with van der Waals surface area (Å²) in [5.74, 6) is 2.01. The fourth-order valence-electron chi connectivity index (χ4n) is 3.92. The Balaban J connectivity index is 1.64. The number of hydrogen-bond donors (Lipinski definition) is 1. The quantitative estimate of drug-likeness (QED) is 0.622. The van der Waals surface area contributed by atoms with Crippen LogP contribution in [0, 0.1) is 0 Å². The number of carbonyl (C=O) groups is 1. The van der Waals surface area contributed by atoms with Crippen molar-refractivity contribution < 1.29 is 18.7 Å². The van der Waals surface area contributed by atoms with Crippen molar-refractivity contribution in [1.82, 2.24) is 10.2 Å². The van der Waals surface area contributed by atoms with Crippen molar-refractivity contribution in [2.45, 2.75) is 25.9 Å². The average Bonchev–Trinajstić information content (AvgIpc) is 3.30. The van der Waals surface area contributed by atoms with Crippen LogP contribution < -0.4 is 14.8 Å². The van der Waals surface area contributed by atoms with Gasteiger partial charge in [0.2, 0.25) is 0 Å². The molecule has 2 heterocycles. The summed E-state index contributed by atoms with van der Waals surface area (Å²) in [6.07, 6.45) is 4.64. The second kappa shape index (κ2) is 9.22. The molecular weight excluding hydrogens is 404 g/mol. The molecule has 166 valence electrons.